The van der Waals surface area contributed by atoms with Crippen molar-refractivity contribution in [2.75, 3.05) is 19.8 Å². The lowest BCUT2D eigenvalue weighted by Gasteiger charge is -2.34. The van der Waals surface area contributed by atoms with Crippen molar-refractivity contribution in [3.8, 4) is 0 Å². The molecule has 0 aliphatic carbocycles. The van der Waals surface area contributed by atoms with Gasteiger partial charge in [-0.15, -0.1) is 13.2 Å². The van der Waals surface area contributed by atoms with E-state index in [9.17, 15) is 5.11 Å². The maximum Gasteiger partial charge on any atom is 0.116 e. The van der Waals surface area contributed by atoms with Crippen molar-refractivity contribution in [2.24, 2.45) is 0 Å². The Morgan fingerprint density at radius 1 is 0.800 bits per heavy atom. The third-order valence-electron chi connectivity index (χ3n) is 4.09. The van der Waals surface area contributed by atoms with Crippen molar-refractivity contribution in [3.05, 3.63) is 25.3 Å². The Bertz CT molecular complexity index is 319. The fourth-order valence-electron chi connectivity index (χ4n) is 2.49. The second kappa shape index (κ2) is 16.8. The van der Waals surface area contributed by atoms with Crippen LogP contribution in [0.2, 0.25) is 0 Å². The molecule has 0 fully saturated rings. The maximum atomic E-state index is 10.6. The number of hydrogen-bond donors (Lipinski definition) is 1. The third-order valence-corrected chi connectivity index (χ3v) is 4.09. The first-order valence-corrected chi connectivity index (χ1v) is 9.92. The van der Waals surface area contributed by atoms with Gasteiger partial charge in [-0.1, -0.05) is 52.2 Å². The molecule has 0 radical (unpaired) electrons. The Hall–Kier alpha value is -0.680. The van der Waals surface area contributed by atoms with Crippen LogP contribution >= 0.6 is 0 Å². The standard InChI is InChI=1S/C21H40O4/c1-6-11-15-23-19(10-5)21(25-17-13-8-3)20(18(22)14-9-4)24-16-12-7-2/h9-10,18-22H,4-8,11-17H2,1-3H3/t18?,19-,20-,21+/m0/s1. The molecule has 0 saturated carbocycles. The van der Waals surface area contributed by atoms with Crippen LogP contribution in [0, 0.1) is 0 Å². The van der Waals surface area contributed by atoms with Crippen LogP contribution in [0.3, 0.4) is 0 Å². The first-order valence-electron chi connectivity index (χ1n) is 9.92. The van der Waals surface area contributed by atoms with Crippen LogP contribution < -0.4 is 0 Å². The van der Waals surface area contributed by atoms with Crippen molar-refractivity contribution in [3.63, 3.8) is 0 Å². The molecule has 4 nitrogen and oxygen atoms in total. The topological polar surface area (TPSA) is 47.9 Å². The Labute approximate surface area is 155 Å². The summed E-state index contributed by atoms with van der Waals surface area (Å²) in [4.78, 5) is 0. The zero-order valence-electron chi connectivity index (χ0n) is 16.6. The molecule has 0 aromatic rings. The van der Waals surface area contributed by atoms with Gasteiger partial charge >= 0.3 is 0 Å². The summed E-state index contributed by atoms with van der Waals surface area (Å²) in [5.41, 5.74) is 0. The molecule has 0 rings (SSSR count). The molecule has 4 atom stereocenters. The average molecular weight is 357 g/mol. The van der Waals surface area contributed by atoms with Gasteiger partial charge < -0.3 is 19.3 Å². The molecule has 1 unspecified atom stereocenters. The molecular weight excluding hydrogens is 316 g/mol. The smallest absolute Gasteiger partial charge is 0.116 e. The van der Waals surface area contributed by atoms with Crippen molar-refractivity contribution >= 4 is 0 Å². The molecular formula is C21H40O4. The summed E-state index contributed by atoms with van der Waals surface area (Å²) in [6.45, 7) is 15.9. The molecule has 0 aliphatic rings. The lowest BCUT2D eigenvalue weighted by molar-refractivity contribution is -0.158. The van der Waals surface area contributed by atoms with Gasteiger partial charge in [0, 0.05) is 19.8 Å². The summed E-state index contributed by atoms with van der Waals surface area (Å²) < 4.78 is 18.1. The van der Waals surface area contributed by atoms with Gasteiger partial charge in [-0.05, 0) is 25.7 Å². The number of unbranched alkanes of at least 4 members (excludes halogenated alkanes) is 3. The molecule has 0 amide bonds. The van der Waals surface area contributed by atoms with Gasteiger partial charge in [0.25, 0.3) is 0 Å². The summed E-state index contributed by atoms with van der Waals surface area (Å²) in [6.07, 6.45) is 8.23. The van der Waals surface area contributed by atoms with Crippen LogP contribution in [0.15, 0.2) is 25.3 Å². The molecule has 0 spiro atoms. The first-order chi connectivity index (χ1) is 12.2. The van der Waals surface area contributed by atoms with Crippen molar-refractivity contribution in [2.45, 2.75) is 90.1 Å². The van der Waals surface area contributed by atoms with E-state index in [-0.39, 0.29) is 12.2 Å². The highest BCUT2D eigenvalue weighted by atomic mass is 16.6. The van der Waals surface area contributed by atoms with Crippen LogP contribution in [0.5, 0.6) is 0 Å². The highest BCUT2D eigenvalue weighted by Crippen LogP contribution is 2.20. The van der Waals surface area contributed by atoms with Crippen LogP contribution in [0.25, 0.3) is 0 Å². The van der Waals surface area contributed by atoms with E-state index in [4.69, 9.17) is 14.2 Å². The van der Waals surface area contributed by atoms with E-state index in [0.29, 0.717) is 26.2 Å². The SMILES string of the molecule is C=CCC(O)[C@H](OCCCC)[C@H](OCCCC)[C@H](C=C)OCCCC. The number of ether oxygens (including phenoxy) is 3. The largest absolute Gasteiger partial charge is 0.390 e. The van der Waals surface area contributed by atoms with Gasteiger partial charge in [0.1, 0.15) is 18.3 Å². The lowest BCUT2D eigenvalue weighted by atomic mass is 9.99. The van der Waals surface area contributed by atoms with E-state index in [1.54, 1.807) is 12.2 Å². The zero-order chi connectivity index (χ0) is 18.9. The minimum Gasteiger partial charge on any atom is -0.390 e. The summed E-state index contributed by atoms with van der Waals surface area (Å²) >= 11 is 0. The minimum atomic E-state index is -0.668. The molecule has 0 heterocycles. The molecule has 4 heteroatoms. The predicted octanol–water partition coefficient (Wildman–Crippen LogP) is 4.67. The molecule has 148 valence electrons. The normalized spacial score (nSPS) is 16.2. The van der Waals surface area contributed by atoms with Gasteiger partial charge in [-0.3, -0.25) is 0 Å². The molecule has 0 aromatic carbocycles. The number of hydrogen-bond acceptors (Lipinski definition) is 4. The highest BCUT2D eigenvalue weighted by Gasteiger charge is 2.35. The van der Waals surface area contributed by atoms with Crippen LogP contribution in [-0.4, -0.2) is 49.3 Å². The van der Waals surface area contributed by atoms with Gasteiger partial charge in [0.05, 0.1) is 6.10 Å². The minimum absolute atomic E-state index is 0.297. The summed E-state index contributed by atoms with van der Waals surface area (Å²) in [5, 5.41) is 10.6. The summed E-state index contributed by atoms with van der Waals surface area (Å²) in [6, 6.07) is 0. The predicted molar refractivity (Wildman–Crippen MR) is 105 cm³/mol. The van der Waals surface area contributed by atoms with E-state index in [1.807, 2.05) is 0 Å². The van der Waals surface area contributed by atoms with E-state index < -0.39 is 12.2 Å². The monoisotopic (exact) mass is 356 g/mol. The van der Waals surface area contributed by atoms with Gasteiger partial charge in [-0.2, -0.15) is 0 Å². The Kier molecular flexibility index (Phi) is 16.3. The van der Waals surface area contributed by atoms with Crippen LogP contribution in [0.4, 0.5) is 0 Å². The fraction of sp³-hybridized carbons (Fsp3) is 0.810. The number of rotatable bonds is 18. The summed E-state index contributed by atoms with van der Waals surface area (Å²) in [5.74, 6) is 0. The van der Waals surface area contributed by atoms with Crippen molar-refractivity contribution in [1.82, 2.24) is 0 Å². The van der Waals surface area contributed by atoms with Crippen LogP contribution in [0.1, 0.15) is 65.7 Å². The fourth-order valence-corrected chi connectivity index (χ4v) is 2.49. The summed E-state index contributed by atoms with van der Waals surface area (Å²) in [7, 11) is 0. The number of aliphatic hydroxyl groups is 1. The van der Waals surface area contributed by atoms with Gasteiger partial charge in [0.15, 0.2) is 0 Å². The number of aliphatic hydroxyl groups excluding tert-OH is 1. The van der Waals surface area contributed by atoms with E-state index in [2.05, 4.69) is 33.9 Å². The molecule has 0 aliphatic heterocycles. The second-order valence-electron chi connectivity index (χ2n) is 6.39. The van der Waals surface area contributed by atoms with Gasteiger partial charge in [-0.25, -0.2) is 0 Å². The molecule has 0 aromatic heterocycles. The average Bonchev–Trinajstić information content (AvgIpc) is 2.61. The van der Waals surface area contributed by atoms with E-state index in [1.165, 1.54) is 0 Å². The lowest BCUT2D eigenvalue weighted by Crippen LogP contribution is -2.48. The first kappa shape index (κ1) is 24.3. The quantitative estimate of drug-likeness (QED) is 0.286. The van der Waals surface area contributed by atoms with Crippen molar-refractivity contribution in [1.29, 1.82) is 0 Å². The third kappa shape index (κ3) is 10.8. The maximum absolute atomic E-state index is 10.6. The Morgan fingerprint density at radius 3 is 1.72 bits per heavy atom. The van der Waals surface area contributed by atoms with E-state index in [0.717, 1.165) is 38.5 Å². The molecule has 25 heavy (non-hydrogen) atoms. The zero-order valence-corrected chi connectivity index (χ0v) is 16.6. The highest BCUT2D eigenvalue weighted by molar-refractivity contribution is 4.95. The molecule has 0 saturated heterocycles. The Morgan fingerprint density at radius 2 is 1.28 bits per heavy atom. The van der Waals surface area contributed by atoms with Gasteiger partial charge in [0.2, 0.25) is 0 Å². The second-order valence-corrected chi connectivity index (χ2v) is 6.39. The van der Waals surface area contributed by atoms with Crippen LogP contribution in [-0.2, 0) is 14.2 Å². The molecule has 1 N–H and O–H groups in total. The van der Waals surface area contributed by atoms with Crippen molar-refractivity contribution < 1.29 is 19.3 Å². The Balaban J connectivity index is 5.16. The van der Waals surface area contributed by atoms with E-state index >= 15 is 0 Å². The molecule has 0 bridgehead atoms.